The minimum absolute atomic E-state index is 0.221. The number of nitrogens with zero attached hydrogens (tertiary/aromatic N) is 2. The van der Waals surface area contributed by atoms with Gasteiger partial charge in [0.25, 0.3) is 0 Å². The van der Waals surface area contributed by atoms with Gasteiger partial charge in [0, 0.05) is 15.6 Å². The first kappa shape index (κ1) is 13.9. The quantitative estimate of drug-likeness (QED) is 0.779. The summed E-state index contributed by atoms with van der Waals surface area (Å²) in [4.78, 5) is 4.32. The average Bonchev–Trinajstić information content (AvgIpc) is 2.89. The lowest BCUT2D eigenvalue weighted by atomic mass is 10.1. The van der Waals surface area contributed by atoms with Gasteiger partial charge in [-0.3, -0.25) is 0 Å². The van der Waals surface area contributed by atoms with Crippen LogP contribution in [0.5, 0.6) is 5.75 Å². The number of hydrogen-bond acceptors (Lipinski definition) is 4. The topological polar surface area (TPSA) is 59.2 Å². The summed E-state index contributed by atoms with van der Waals surface area (Å²) >= 11 is 11.9. The van der Waals surface area contributed by atoms with E-state index in [9.17, 15) is 5.11 Å². The van der Waals surface area contributed by atoms with E-state index >= 15 is 0 Å². The molecule has 0 amide bonds. The number of aromatic nitrogens is 2. The van der Waals surface area contributed by atoms with Gasteiger partial charge >= 0.3 is 0 Å². The third-order valence-corrected chi connectivity index (χ3v) is 3.32. The maximum Gasteiger partial charge on any atom is 0.231 e. The van der Waals surface area contributed by atoms with E-state index < -0.39 is 0 Å². The Morgan fingerprint density at radius 2 is 1.67 bits per heavy atom. The van der Waals surface area contributed by atoms with Gasteiger partial charge in [0.2, 0.25) is 11.7 Å². The molecule has 0 saturated carbocycles. The van der Waals surface area contributed by atoms with E-state index in [4.69, 9.17) is 27.7 Å². The molecule has 0 aliphatic rings. The van der Waals surface area contributed by atoms with E-state index in [-0.39, 0.29) is 5.75 Å². The predicted molar refractivity (Wildman–Crippen MR) is 80.7 cm³/mol. The minimum Gasteiger partial charge on any atom is -0.508 e. The van der Waals surface area contributed by atoms with Crippen LogP contribution in [0, 0.1) is 0 Å². The van der Waals surface area contributed by atoms with Crippen LogP contribution >= 0.6 is 23.2 Å². The average molecular weight is 321 g/mol. The number of rotatable bonds is 3. The van der Waals surface area contributed by atoms with E-state index in [1.807, 2.05) is 0 Å². The molecule has 1 N–H and O–H groups in total. The Kier molecular flexibility index (Phi) is 3.82. The predicted octanol–water partition coefficient (Wildman–Crippen LogP) is 4.34. The normalized spacial score (nSPS) is 10.8. The van der Waals surface area contributed by atoms with E-state index in [0.717, 1.165) is 5.56 Å². The van der Waals surface area contributed by atoms with Crippen LogP contribution in [0.15, 0.2) is 47.0 Å². The van der Waals surface area contributed by atoms with Gasteiger partial charge in [-0.1, -0.05) is 40.5 Å². The molecule has 0 atom stereocenters. The lowest BCUT2D eigenvalue weighted by Crippen LogP contribution is -1.88. The molecule has 0 fully saturated rings. The van der Waals surface area contributed by atoms with Crippen molar-refractivity contribution in [2.45, 2.75) is 6.42 Å². The maximum absolute atomic E-state index is 9.25. The second-order valence-electron chi connectivity index (χ2n) is 4.51. The number of phenols is 1. The van der Waals surface area contributed by atoms with Crippen LogP contribution in [0.3, 0.4) is 0 Å². The molecule has 0 radical (unpaired) electrons. The largest absolute Gasteiger partial charge is 0.508 e. The molecular weight excluding hydrogens is 311 g/mol. The molecule has 0 aliphatic carbocycles. The van der Waals surface area contributed by atoms with Gasteiger partial charge in [0.15, 0.2) is 0 Å². The van der Waals surface area contributed by atoms with Crippen LogP contribution in [0.4, 0.5) is 0 Å². The molecule has 106 valence electrons. The molecule has 6 heteroatoms. The van der Waals surface area contributed by atoms with Gasteiger partial charge in [0.1, 0.15) is 5.75 Å². The third-order valence-electron chi connectivity index (χ3n) is 2.88. The number of hydrogen-bond donors (Lipinski definition) is 1. The summed E-state index contributed by atoms with van der Waals surface area (Å²) < 4.78 is 5.22. The maximum atomic E-state index is 9.25. The van der Waals surface area contributed by atoms with E-state index in [0.29, 0.717) is 33.7 Å². The summed E-state index contributed by atoms with van der Waals surface area (Å²) in [7, 11) is 0. The van der Waals surface area contributed by atoms with Gasteiger partial charge in [-0.05, 0) is 35.9 Å². The van der Waals surface area contributed by atoms with E-state index in [1.54, 1.807) is 42.5 Å². The van der Waals surface area contributed by atoms with Crippen LogP contribution < -0.4 is 0 Å². The summed E-state index contributed by atoms with van der Waals surface area (Å²) in [6.07, 6.45) is 0.488. The van der Waals surface area contributed by atoms with Crippen molar-refractivity contribution >= 4 is 23.2 Å². The van der Waals surface area contributed by atoms with Crippen molar-refractivity contribution in [1.29, 1.82) is 0 Å². The standard InChI is InChI=1S/C15H10Cl2N2O2/c16-11-6-10(7-12(17)8-11)15-18-14(21-19-15)5-9-1-3-13(20)4-2-9/h1-4,6-8,20H,5H2. The fourth-order valence-electron chi connectivity index (χ4n) is 1.92. The van der Waals surface area contributed by atoms with Gasteiger partial charge in [-0.25, -0.2) is 0 Å². The van der Waals surface area contributed by atoms with Crippen molar-refractivity contribution in [3.05, 3.63) is 64.0 Å². The van der Waals surface area contributed by atoms with Crippen LogP contribution in [0.25, 0.3) is 11.4 Å². The first-order valence-electron chi connectivity index (χ1n) is 6.17. The lowest BCUT2D eigenvalue weighted by Gasteiger charge is -1.97. The Bertz CT molecular complexity index is 749. The smallest absolute Gasteiger partial charge is 0.231 e. The SMILES string of the molecule is Oc1ccc(Cc2nc(-c3cc(Cl)cc(Cl)c3)no2)cc1. The Hall–Kier alpha value is -2.04. The molecule has 3 aromatic rings. The Morgan fingerprint density at radius 1 is 1.00 bits per heavy atom. The number of benzene rings is 2. The molecule has 1 heterocycles. The van der Waals surface area contributed by atoms with Crippen molar-refractivity contribution in [1.82, 2.24) is 10.1 Å². The molecule has 0 spiro atoms. The van der Waals surface area contributed by atoms with Crippen molar-refractivity contribution in [3.63, 3.8) is 0 Å². The van der Waals surface area contributed by atoms with Crippen LogP contribution in [-0.4, -0.2) is 15.2 Å². The van der Waals surface area contributed by atoms with Crippen LogP contribution in [0.1, 0.15) is 11.5 Å². The van der Waals surface area contributed by atoms with Crippen molar-refractivity contribution in [2.75, 3.05) is 0 Å². The molecule has 0 saturated heterocycles. The van der Waals surface area contributed by atoms with Gasteiger partial charge in [-0.2, -0.15) is 4.98 Å². The third kappa shape index (κ3) is 3.35. The monoisotopic (exact) mass is 320 g/mol. The number of phenolic OH excluding ortho intramolecular Hbond substituents is 1. The molecule has 0 aliphatic heterocycles. The van der Waals surface area contributed by atoms with Crippen molar-refractivity contribution < 1.29 is 9.63 Å². The molecule has 2 aromatic carbocycles. The van der Waals surface area contributed by atoms with Gasteiger partial charge in [-0.15, -0.1) is 0 Å². The lowest BCUT2D eigenvalue weighted by molar-refractivity contribution is 0.385. The molecule has 4 nitrogen and oxygen atoms in total. The fourth-order valence-corrected chi connectivity index (χ4v) is 2.44. The molecule has 3 rings (SSSR count). The van der Waals surface area contributed by atoms with Crippen molar-refractivity contribution in [3.8, 4) is 17.1 Å². The first-order valence-corrected chi connectivity index (χ1v) is 6.93. The summed E-state index contributed by atoms with van der Waals surface area (Å²) in [6, 6.07) is 11.9. The number of aromatic hydroxyl groups is 1. The fraction of sp³-hybridized carbons (Fsp3) is 0.0667. The van der Waals surface area contributed by atoms with Gasteiger partial charge < -0.3 is 9.63 Å². The Morgan fingerprint density at radius 3 is 2.33 bits per heavy atom. The van der Waals surface area contributed by atoms with Gasteiger partial charge in [0.05, 0.1) is 6.42 Å². The molecule has 0 bridgehead atoms. The zero-order valence-electron chi connectivity index (χ0n) is 10.8. The molecular formula is C15H10Cl2N2O2. The van der Waals surface area contributed by atoms with Crippen molar-refractivity contribution in [2.24, 2.45) is 0 Å². The highest BCUT2D eigenvalue weighted by Crippen LogP contribution is 2.25. The summed E-state index contributed by atoms with van der Waals surface area (Å²) in [5.41, 5.74) is 1.67. The summed E-state index contributed by atoms with van der Waals surface area (Å²) in [6.45, 7) is 0. The second kappa shape index (κ2) is 5.76. The first-order chi connectivity index (χ1) is 10.1. The second-order valence-corrected chi connectivity index (χ2v) is 5.39. The molecule has 0 unspecified atom stereocenters. The summed E-state index contributed by atoms with van der Waals surface area (Å²) in [5, 5.41) is 14.2. The number of halogens is 2. The molecule has 1 aromatic heterocycles. The van der Waals surface area contributed by atoms with E-state index in [2.05, 4.69) is 10.1 Å². The minimum atomic E-state index is 0.221. The Labute approximate surface area is 130 Å². The highest BCUT2D eigenvalue weighted by atomic mass is 35.5. The van der Waals surface area contributed by atoms with Crippen LogP contribution in [0.2, 0.25) is 10.0 Å². The summed E-state index contributed by atoms with van der Waals surface area (Å²) in [5.74, 6) is 1.14. The highest BCUT2D eigenvalue weighted by Gasteiger charge is 2.10. The highest BCUT2D eigenvalue weighted by molar-refractivity contribution is 6.35. The molecule has 21 heavy (non-hydrogen) atoms. The Balaban J connectivity index is 1.84. The zero-order valence-corrected chi connectivity index (χ0v) is 12.3. The zero-order chi connectivity index (χ0) is 14.8. The van der Waals surface area contributed by atoms with E-state index in [1.165, 1.54) is 0 Å². The van der Waals surface area contributed by atoms with Crippen LogP contribution in [-0.2, 0) is 6.42 Å².